The number of carboxylic acid groups (broad SMARTS) is 1. The minimum atomic E-state index is -3.73. The maximum absolute atomic E-state index is 11.8. The lowest BCUT2D eigenvalue weighted by Crippen LogP contribution is -2.28. The predicted molar refractivity (Wildman–Crippen MR) is 65.4 cm³/mol. The molecule has 0 amide bonds. The fraction of sp³-hybridized carbons (Fsp3) is 0.556. The van der Waals surface area contributed by atoms with Crippen LogP contribution in [0.3, 0.4) is 0 Å². The minimum absolute atomic E-state index is 0.349. The minimum Gasteiger partial charge on any atom is -0.480 e. The lowest BCUT2D eigenvalue weighted by Gasteiger charge is -2.09. The van der Waals surface area contributed by atoms with Crippen molar-refractivity contribution in [2.45, 2.75) is 24.9 Å². The summed E-state index contributed by atoms with van der Waals surface area (Å²) in [5.41, 5.74) is 1.12. The van der Waals surface area contributed by atoms with Gasteiger partial charge < -0.3 is 5.11 Å². The summed E-state index contributed by atoms with van der Waals surface area (Å²) in [6, 6.07) is 0. The van der Waals surface area contributed by atoms with E-state index in [0.717, 1.165) is 6.92 Å². The molecule has 1 aromatic rings. The Kier molecular flexibility index (Phi) is 3.98. The first kappa shape index (κ1) is 14.2. The third-order valence-electron chi connectivity index (χ3n) is 2.49. The zero-order valence-corrected chi connectivity index (χ0v) is 12.0. The van der Waals surface area contributed by atoms with Gasteiger partial charge in [0.1, 0.15) is 0 Å². The molecule has 0 radical (unpaired) electrons. The zero-order chi connectivity index (χ0) is 13.4. The summed E-state index contributed by atoms with van der Waals surface area (Å²) in [5, 5.41) is 11.4. The van der Waals surface area contributed by atoms with E-state index in [9.17, 15) is 13.2 Å². The number of hydrogen-bond acceptors (Lipinski definition) is 4. The van der Waals surface area contributed by atoms with Gasteiger partial charge in [-0.3, -0.25) is 9.48 Å². The van der Waals surface area contributed by atoms with Crippen LogP contribution in [0.1, 0.15) is 18.3 Å². The molecule has 0 aliphatic heterocycles. The number of aliphatic carboxylic acids is 1. The molecule has 1 heterocycles. The first-order valence-electron chi connectivity index (χ1n) is 4.79. The number of rotatable bonds is 4. The lowest BCUT2D eigenvalue weighted by atomic mass is 10.4. The second kappa shape index (κ2) is 4.77. The molecule has 0 aromatic carbocycles. The van der Waals surface area contributed by atoms with Crippen molar-refractivity contribution in [1.82, 2.24) is 9.78 Å². The lowest BCUT2D eigenvalue weighted by molar-refractivity contribution is -0.136. The molecule has 1 N–H and O–H groups in total. The highest BCUT2D eigenvalue weighted by molar-refractivity contribution is 9.10. The first-order chi connectivity index (χ1) is 7.66. The summed E-state index contributed by atoms with van der Waals surface area (Å²) in [5.74, 6) is -1.70. The van der Waals surface area contributed by atoms with E-state index < -0.39 is 21.1 Å². The molecule has 1 unspecified atom stereocenters. The van der Waals surface area contributed by atoms with Crippen LogP contribution in [0.2, 0.25) is 0 Å². The van der Waals surface area contributed by atoms with Crippen molar-refractivity contribution in [2.75, 3.05) is 0 Å². The molecule has 0 aliphatic rings. The summed E-state index contributed by atoms with van der Waals surface area (Å²) in [7, 11) is -2.12. The highest BCUT2D eigenvalue weighted by atomic mass is 79.9. The van der Waals surface area contributed by atoms with E-state index in [0.29, 0.717) is 15.9 Å². The second-order valence-corrected chi connectivity index (χ2v) is 6.87. The van der Waals surface area contributed by atoms with Crippen molar-refractivity contribution in [3.8, 4) is 0 Å². The average molecular weight is 325 g/mol. The van der Waals surface area contributed by atoms with Crippen LogP contribution in [0, 0.1) is 6.92 Å². The van der Waals surface area contributed by atoms with Gasteiger partial charge in [0.25, 0.3) is 0 Å². The Morgan fingerprint density at radius 2 is 2.12 bits per heavy atom. The molecule has 0 aliphatic carbocycles. The standard InChI is InChI=1S/C9H13BrN2O4S/c1-5-8(10)7(12(3)11-5)4-17(15,16)6(2)9(13)14/h6H,4H2,1-3H3,(H,13,14). The number of aromatic nitrogens is 2. The number of halogens is 1. The predicted octanol–water partition coefficient (Wildman–Crippen LogP) is 0.879. The van der Waals surface area contributed by atoms with E-state index in [1.165, 1.54) is 4.68 Å². The summed E-state index contributed by atoms with van der Waals surface area (Å²) >= 11 is 3.24. The molecule has 8 heteroatoms. The van der Waals surface area contributed by atoms with Crippen LogP contribution in [0.25, 0.3) is 0 Å². The van der Waals surface area contributed by atoms with Crippen LogP contribution in [0.4, 0.5) is 0 Å². The average Bonchev–Trinajstić information content (AvgIpc) is 2.43. The van der Waals surface area contributed by atoms with Crippen LogP contribution < -0.4 is 0 Å². The van der Waals surface area contributed by atoms with Gasteiger partial charge in [-0.05, 0) is 29.8 Å². The number of carbonyl (C=O) groups is 1. The van der Waals surface area contributed by atoms with Crippen LogP contribution >= 0.6 is 15.9 Å². The molecule has 6 nitrogen and oxygen atoms in total. The highest BCUT2D eigenvalue weighted by Crippen LogP contribution is 2.23. The van der Waals surface area contributed by atoms with Gasteiger partial charge in [-0.15, -0.1) is 0 Å². The normalized spacial score (nSPS) is 13.6. The monoisotopic (exact) mass is 324 g/mol. The molecule has 0 fully saturated rings. The summed E-state index contributed by atoms with van der Waals surface area (Å²) < 4.78 is 25.7. The van der Waals surface area contributed by atoms with E-state index in [-0.39, 0.29) is 5.75 Å². The first-order valence-corrected chi connectivity index (χ1v) is 7.30. The van der Waals surface area contributed by atoms with Crippen molar-refractivity contribution < 1.29 is 18.3 Å². The highest BCUT2D eigenvalue weighted by Gasteiger charge is 2.30. The Hall–Kier alpha value is -0.890. The Labute approximate surface area is 108 Å². The summed E-state index contributed by atoms with van der Waals surface area (Å²) in [6.07, 6.45) is 0. The molecular formula is C9H13BrN2O4S. The molecule has 17 heavy (non-hydrogen) atoms. The van der Waals surface area contributed by atoms with Gasteiger partial charge in [0, 0.05) is 7.05 Å². The van der Waals surface area contributed by atoms with Gasteiger partial charge in [0.15, 0.2) is 15.1 Å². The third kappa shape index (κ3) is 2.86. The second-order valence-electron chi connectivity index (χ2n) is 3.76. The molecule has 0 bridgehead atoms. The van der Waals surface area contributed by atoms with Crippen molar-refractivity contribution in [2.24, 2.45) is 7.05 Å². The van der Waals surface area contributed by atoms with Crippen molar-refractivity contribution in [3.63, 3.8) is 0 Å². The Balaban J connectivity index is 3.11. The number of nitrogens with zero attached hydrogens (tertiary/aromatic N) is 2. The molecule has 0 saturated carbocycles. The zero-order valence-electron chi connectivity index (χ0n) is 9.64. The van der Waals surface area contributed by atoms with Gasteiger partial charge in [0.2, 0.25) is 0 Å². The van der Waals surface area contributed by atoms with E-state index in [4.69, 9.17) is 5.11 Å². The molecule has 1 rings (SSSR count). The van der Waals surface area contributed by atoms with Crippen molar-refractivity contribution in [1.29, 1.82) is 0 Å². The Morgan fingerprint density at radius 1 is 1.59 bits per heavy atom. The van der Waals surface area contributed by atoms with E-state index in [2.05, 4.69) is 21.0 Å². The molecule has 96 valence electrons. The van der Waals surface area contributed by atoms with E-state index in [1.807, 2.05) is 0 Å². The van der Waals surface area contributed by atoms with Gasteiger partial charge >= 0.3 is 5.97 Å². The molecule has 1 atom stereocenters. The van der Waals surface area contributed by atoms with Crippen LogP contribution in [-0.2, 0) is 27.4 Å². The van der Waals surface area contributed by atoms with Gasteiger partial charge in [0.05, 0.1) is 21.6 Å². The third-order valence-corrected chi connectivity index (χ3v) is 5.47. The van der Waals surface area contributed by atoms with Gasteiger partial charge in [-0.25, -0.2) is 8.42 Å². The van der Waals surface area contributed by atoms with Gasteiger partial charge in [-0.2, -0.15) is 5.10 Å². The topological polar surface area (TPSA) is 89.3 Å². The Morgan fingerprint density at radius 3 is 2.47 bits per heavy atom. The fourth-order valence-corrected chi connectivity index (χ4v) is 3.24. The fourth-order valence-electron chi connectivity index (χ4n) is 1.31. The van der Waals surface area contributed by atoms with Crippen molar-refractivity contribution >= 4 is 31.7 Å². The maximum atomic E-state index is 11.8. The van der Waals surface area contributed by atoms with E-state index >= 15 is 0 Å². The van der Waals surface area contributed by atoms with Crippen LogP contribution in [-0.4, -0.2) is 34.5 Å². The van der Waals surface area contributed by atoms with E-state index in [1.54, 1.807) is 14.0 Å². The largest absolute Gasteiger partial charge is 0.480 e. The number of hydrogen-bond donors (Lipinski definition) is 1. The number of carboxylic acids is 1. The summed E-state index contributed by atoms with van der Waals surface area (Å²) in [4.78, 5) is 10.7. The van der Waals surface area contributed by atoms with Gasteiger partial charge in [-0.1, -0.05) is 0 Å². The van der Waals surface area contributed by atoms with Crippen LogP contribution in [0.15, 0.2) is 4.47 Å². The van der Waals surface area contributed by atoms with Crippen molar-refractivity contribution in [3.05, 3.63) is 15.9 Å². The summed E-state index contributed by atoms with van der Waals surface area (Å²) in [6.45, 7) is 2.90. The number of sulfone groups is 1. The maximum Gasteiger partial charge on any atom is 0.321 e. The Bertz CT molecular complexity index is 550. The smallest absolute Gasteiger partial charge is 0.321 e. The number of aryl methyl sites for hydroxylation is 2. The molecule has 0 spiro atoms. The molecule has 1 aromatic heterocycles. The molecule has 0 saturated heterocycles. The molecular weight excluding hydrogens is 312 g/mol. The van der Waals surface area contributed by atoms with Crippen LogP contribution in [0.5, 0.6) is 0 Å². The quantitative estimate of drug-likeness (QED) is 0.888. The SMILES string of the molecule is Cc1nn(C)c(CS(=O)(=O)C(C)C(=O)O)c1Br.